The zero-order chi connectivity index (χ0) is 17.5. The molecule has 1 saturated carbocycles. The fraction of sp³-hybridized carbons (Fsp3) is 0.350. The van der Waals surface area contributed by atoms with Gasteiger partial charge in [0.15, 0.2) is 11.5 Å². The lowest BCUT2D eigenvalue weighted by atomic mass is 9.96. The van der Waals surface area contributed by atoms with E-state index in [0.717, 1.165) is 12.8 Å². The standard InChI is InChI=1S/C20H24N2O3/c1-24-17-9-5-6-10-18(17)25-14-13-21-19(23)22-15-20(11-12-20)16-7-3-2-4-8-16/h2-10H,11-15H2,1H3,(H2,21,22,23). The Morgan fingerprint density at radius 1 is 1.00 bits per heavy atom. The van der Waals surface area contributed by atoms with Gasteiger partial charge in [-0.25, -0.2) is 4.79 Å². The second-order valence-corrected chi connectivity index (χ2v) is 6.26. The largest absolute Gasteiger partial charge is 0.493 e. The molecule has 132 valence electrons. The Bertz CT molecular complexity index is 699. The third-order valence-corrected chi connectivity index (χ3v) is 4.54. The number of urea groups is 1. The number of amides is 2. The number of para-hydroxylation sites is 2. The van der Waals surface area contributed by atoms with Gasteiger partial charge >= 0.3 is 6.03 Å². The SMILES string of the molecule is COc1ccccc1OCCNC(=O)NCC1(c2ccccc2)CC1. The molecule has 2 aromatic carbocycles. The van der Waals surface area contributed by atoms with Crippen molar-refractivity contribution in [2.75, 3.05) is 26.8 Å². The highest BCUT2D eigenvalue weighted by Gasteiger charge is 2.44. The highest BCUT2D eigenvalue weighted by molar-refractivity contribution is 5.74. The predicted octanol–water partition coefficient (Wildman–Crippen LogP) is 3.11. The lowest BCUT2D eigenvalue weighted by molar-refractivity contribution is 0.234. The smallest absolute Gasteiger partial charge is 0.314 e. The minimum atomic E-state index is -0.161. The molecule has 0 aromatic heterocycles. The lowest BCUT2D eigenvalue weighted by Gasteiger charge is -2.17. The molecule has 1 aliphatic carbocycles. The molecule has 0 atom stereocenters. The predicted molar refractivity (Wildman–Crippen MR) is 97.2 cm³/mol. The zero-order valence-corrected chi connectivity index (χ0v) is 14.5. The summed E-state index contributed by atoms with van der Waals surface area (Å²) in [6.45, 7) is 1.48. The summed E-state index contributed by atoms with van der Waals surface area (Å²) in [5, 5.41) is 5.80. The monoisotopic (exact) mass is 340 g/mol. The third kappa shape index (κ3) is 4.44. The van der Waals surface area contributed by atoms with Gasteiger partial charge in [0.2, 0.25) is 0 Å². The Morgan fingerprint density at radius 2 is 1.68 bits per heavy atom. The van der Waals surface area contributed by atoms with Crippen LogP contribution in [0.15, 0.2) is 54.6 Å². The molecule has 5 heteroatoms. The van der Waals surface area contributed by atoms with Crippen molar-refractivity contribution in [1.82, 2.24) is 10.6 Å². The van der Waals surface area contributed by atoms with Gasteiger partial charge in [0, 0.05) is 12.0 Å². The van der Waals surface area contributed by atoms with E-state index in [-0.39, 0.29) is 11.4 Å². The number of benzene rings is 2. The van der Waals surface area contributed by atoms with E-state index in [0.29, 0.717) is 31.2 Å². The summed E-state index contributed by atoms with van der Waals surface area (Å²) >= 11 is 0. The van der Waals surface area contributed by atoms with E-state index < -0.39 is 0 Å². The zero-order valence-electron chi connectivity index (χ0n) is 14.5. The van der Waals surface area contributed by atoms with Crippen LogP contribution in [0.3, 0.4) is 0 Å². The number of hydrogen-bond acceptors (Lipinski definition) is 3. The van der Waals surface area contributed by atoms with Gasteiger partial charge < -0.3 is 20.1 Å². The Kier molecular flexibility index (Phi) is 5.43. The lowest BCUT2D eigenvalue weighted by Crippen LogP contribution is -2.41. The van der Waals surface area contributed by atoms with Crippen molar-refractivity contribution in [2.45, 2.75) is 18.3 Å². The molecule has 1 aliphatic rings. The fourth-order valence-electron chi connectivity index (χ4n) is 2.89. The minimum absolute atomic E-state index is 0.118. The van der Waals surface area contributed by atoms with Crippen molar-refractivity contribution in [3.63, 3.8) is 0 Å². The molecular formula is C20H24N2O3. The third-order valence-electron chi connectivity index (χ3n) is 4.54. The van der Waals surface area contributed by atoms with E-state index in [1.54, 1.807) is 7.11 Å². The van der Waals surface area contributed by atoms with Gasteiger partial charge in [-0.1, -0.05) is 42.5 Å². The summed E-state index contributed by atoms with van der Waals surface area (Å²) in [5.41, 5.74) is 1.42. The number of carbonyl (C=O) groups is 1. The highest BCUT2D eigenvalue weighted by Crippen LogP contribution is 2.47. The van der Waals surface area contributed by atoms with E-state index in [1.807, 2.05) is 42.5 Å². The second-order valence-electron chi connectivity index (χ2n) is 6.26. The summed E-state index contributed by atoms with van der Waals surface area (Å²) in [6.07, 6.45) is 2.24. The highest BCUT2D eigenvalue weighted by atomic mass is 16.5. The summed E-state index contributed by atoms with van der Waals surface area (Å²) in [5.74, 6) is 1.36. The molecular weight excluding hydrogens is 316 g/mol. The van der Waals surface area contributed by atoms with E-state index in [4.69, 9.17) is 9.47 Å². The number of rotatable bonds is 8. The molecule has 0 bridgehead atoms. The van der Waals surface area contributed by atoms with Crippen LogP contribution in [-0.2, 0) is 5.41 Å². The molecule has 2 aromatic rings. The van der Waals surface area contributed by atoms with Crippen LogP contribution < -0.4 is 20.1 Å². The minimum Gasteiger partial charge on any atom is -0.493 e. The number of hydrogen-bond donors (Lipinski definition) is 2. The summed E-state index contributed by atoms with van der Waals surface area (Å²) in [6, 6.07) is 17.7. The van der Waals surface area contributed by atoms with Crippen LogP contribution in [-0.4, -0.2) is 32.8 Å². The van der Waals surface area contributed by atoms with Gasteiger partial charge in [0.25, 0.3) is 0 Å². The number of ether oxygens (including phenoxy) is 2. The van der Waals surface area contributed by atoms with Crippen LogP contribution >= 0.6 is 0 Å². The average Bonchev–Trinajstić information content (AvgIpc) is 3.46. The topological polar surface area (TPSA) is 59.6 Å². The van der Waals surface area contributed by atoms with E-state index in [9.17, 15) is 4.79 Å². The quantitative estimate of drug-likeness (QED) is 0.726. The van der Waals surface area contributed by atoms with Gasteiger partial charge in [-0.15, -0.1) is 0 Å². The molecule has 0 aliphatic heterocycles. The number of methoxy groups -OCH3 is 1. The van der Waals surface area contributed by atoms with Crippen molar-refractivity contribution in [2.24, 2.45) is 0 Å². The maximum Gasteiger partial charge on any atom is 0.314 e. The molecule has 0 spiro atoms. The first-order chi connectivity index (χ1) is 12.2. The molecule has 1 fully saturated rings. The molecule has 0 unspecified atom stereocenters. The van der Waals surface area contributed by atoms with Gasteiger partial charge in [-0.3, -0.25) is 0 Å². The van der Waals surface area contributed by atoms with Crippen LogP contribution in [0.25, 0.3) is 0 Å². The number of nitrogens with one attached hydrogen (secondary N) is 2. The summed E-state index contributed by atoms with van der Waals surface area (Å²) in [7, 11) is 1.61. The van der Waals surface area contributed by atoms with Crippen LogP contribution in [0.5, 0.6) is 11.5 Å². The normalized spacial score (nSPS) is 14.4. The van der Waals surface area contributed by atoms with Crippen molar-refractivity contribution < 1.29 is 14.3 Å². The molecule has 25 heavy (non-hydrogen) atoms. The van der Waals surface area contributed by atoms with Gasteiger partial charge in [-0.2, -0.15) is 0 Å². The first-order valence-corrected chi connectivity index (χ1v) is 8.57. The van der Waals surface area contributed by atoms with Crippen molar-refractivity contribution in [1.29, 1.82) is 0 Å². The van der Waals surface area contributed by atoms with Crippen LogP contribution in [0.2, 0.25) is 0 Å². The summed E-state index contributed by atoms with van der Waals surface area (Å²) < 4.78 is 10.9. The Morgan fingerprint density at radius 3 is 2.36 bits per heavy atom. The van der Waals surface area contributed by atoms with Gasteiger partial charge in [0.05, 0.1) is 13.7 Å². The Hall–Kier alpha value is -2.69. The Labute approximate surface area is 148 Å². The second kappa shape index (κ2) is 7.92. The van der Waals surface area contributed by atoms with Crippen LogP contribution in [0, 0.1) is 0 Å². The van der Waals surface area contributed by atoms with Crippen molar-refractivity contribution in [3.8, 4) is 11.5 Å². The first kappa shape index (κ1) is 17.1. The maximum atomic E-state index is 12.0. The molecule has 2 amide bonds. The van der Waals surface area contributed by atoms with Gasteiger partial charge in [-0.05, 0) is 30.5 Å². The van der Waals surface area contributed by atoms with Crippen molar-refractivity contribution in [3.05, 3.63) is 60.2 Å². The fourth-order valence-corrected chi connectivity index (χ4v) is 2.89. The van der Waals surface area contributed by atoms with E-state index in [1.165, 1.54) is 5.56 Å². The molecule has 0 radical (unpaired) electrons. The first-order valence-electron chi connectivity index (χ1n) is 8.57. The van der Waals surface area contributed by atoms with Crippen LogP contribution in [0.1, 0.15) is 18.4 Å². The number of carbonyl (C=O) groups excluding carboxylic acids is 1. The maximum absolute atomic E-state index is 12.0. The van der Waals surface area contributed by atoms with Crippen molar-refractivity contribution >= 4 is 6.03 Å². The van der Waals surface area contributed by atoms with Gasteiger partial charge in [0.1, 0.15) is 6.61 Å². The average molecular weight is 340 g/mol. The van der Waals surface area contributed by atoms with E-state index >= 15 is 0 Å². The molecule has 0 heterocycles. The molecule has 3 rings (SSSR count). The summed E-state index contributed by atoms with van der Waals surface area (Å²) in [4.78, 5) is 12.0. The van der Waals surface area contributed by atoms with Crippen LogP contribution in [0.4, 0.5) is 4.79 Å². The Balaban J connectivity index is 1.38. The van der Waals surface area contributed by atoms with E-state index in [2.05, 4.69) is 22.8 Å². The molecule has 0 saturated heterocycles. The molecule has 5 nitrogen and oxygen atoms in total. The molecule has 2 N–H and O–H groups in total.